The van der Waals surface area contributed by atoms with Crippen LogP contribution < -0.4 is 10.2 Å². The van der Waals surface area contributed by atoms with Crippen molar-refractivity contribution in [1.29, 1.82) is 0 Å². The Hall–Kier alpha value is -4.48. The lowest BCUT2D eigenvalue weighted by Crippen LogP contribution is -2.51. The summed E-state index contributed by atoms with van der Waals surface area (Å²) < 4.78 is 0. The van der Waals surface area contributed by atoms with Crippen molar-refractivity contribution in [2.24, 2.45) is 5.92 Å². The average molecular weight is 545 g/mol. The number of ketones is 2. The van der Waals surface area contributed by atoms with Crippen molar-refractivity contribution in [1.82, 2.24) is 0 Å². The summed E-state index contributed by atoms with van der Waals surface area (Å²) >= 11 is 6.17. The monoisotopic (exact) mass is 544 g/mol. The zero-order chi connectivity index (χ0) is 27.6. The molecule has 0 radical (unpaired) electrons. The Morgan fingerprint density at radius 3 is 2.33 bits per heavy atom. The molecule has 3 heterocycles. The van der Waals surface area contributed by atoms with Gasteiger partial charge in [0.25, 0.3) is 0 Å². The van der Waals surface area contributed by atoms with E-state index in [4.69, 9.17) is 11.6 Å². The second-order valence-corrected chi connectivity index (χ2v) is 11.1. The Balaban J connectivity index is 1.55. The SMILES string of the molecule is Cc1ccc2c(c1)N1[C@H](C(=O)c3ccccc3)[C@H](C(=O)c3ccc(Cl)cc3)[C@]3(C(=O)Nc4ccccc43)[C@@H]1C=C2. The van der Waals surface area contributed by atoms with Crippen LogP contribution in [-0.4, -0.2) is 29.6 Å². The minimum Gasteiger partial charge on any atom is -0.352 e. The quantitative estimate of drug-likeness (QED) is 0.298. The number of carbonyl (C=O) groups excluding carboxylic acids is 3. The topological polar surface area (TPSA) is 66.5 Å². The molecule has 40 heavy (non-hydrogen) atoms. The average Bonchev–Trinajstić information content (AvgIpc) is 3.45. The van der Waals surface area contributed by atoms with Gasteiger partial charge in [-0.1, -0.05) is 84.4 Å². The van der Waals surface area contributed by atoms with Crippen molar-refractivity contribution >= 4 is 46.5 Å². The molecule has 4 atom stereocenters. The van der Waals surface area contributed by atoms with Gasteiger partial charge in [0, 0.05) is 27.5 Å². The van der Waals surface area contributed by atoms with Crippen LogP contribution in [-0.2, 0) is 10.2 Å². The van der Waals surface area contributed by atoms with Crippen LogP contribution in [0.1, 0.15) is 37.4 Å². The van der Waals surface area contributed by atoms with Crippen LogP contribution in [0, 0.1) is 12.8 Å². The highest BCUT2D eigenvalue weighted by atomic mass is 35.5. The molecule has 196 valence electrons. The van der Waals surface area contributed by atoms with Crippen LogP contribution in [0.2, 0.25) is 5.02 Å². The van der Waals surface area contributed by atoms with Crippen LogP contribution in [0.5, 0.6) is 0 Å². The number of halogens is 1. The Morgan fingerprint density at radius 2 is 1.55 bits per heavy atom. The maximum Gasteiger partial charge on any atom is 0.238 e. The molecule has 1 amide bonds. The van der Waals surface area contributed by atoms with Gasteiger partial charge < -0.3 is 10.2 Å². The van der Waals surface area contributed by atoms with E-state index in [0.717, 1.165) is 22.4 Å². The number of hydrogen-bond donors (Lipinski definition) is 1. The molecule has 3 aliphatic heterocycles. The van der Waals surface area contributed by atoms with Crippen molar-refractivity contribution in [3.63, 3.8) is 0 Å². The molecule has 0 aliphatic carbocycles. The molecule has 4 aromatic carbocycles. The number of para-hydroxylation sites is 1. The Bertz CT molecular complexity index is 1730. The molecule has 0 unspecified atom stereocenters. The summed E-state index contributed by atoms with van der Waals surface area (Å²) in [4.78, 5) is 45.7. The molecule has 0 aromatic heterocycles. The number of benzene rings is 4. The lowest BCUT2D eigenvalue weighted by Gasteiger charge is -2.37. The van der Waals surface area contributed by atoms with E-state index in [9.17, 15) is 14.4 Å². The Kier molecular flexibility index (Phi) is 5.55. The summed E-state index contributed by atoms with van der Waals surface area (Å²) in [7, 11) is 0. The van der Waals surface area contributed by atoms with Gasteiger partial charge in [-0.25, -0.2) is 0 Å². The maximum atomic E-state index is 14.7. The fourth-order valence-electron chi connectivity index (χ4n) is 6.84. The van der Waals surface area contributed by atoms with Gasteiger partial charge in [0.05, 0.1) is 12.0 Å². The van der Waals surface area contributed by atoms with Crippen LogP contribution in [0.25, 0.3) is 6.08 Å². The summed E-state index contributed by atoms with van der Waals surface area (Å²) in [5.41, 5.74) is 3.76. The molecular formula is C34H25ClN2O3. The molecule has 0 bridgehead atoms. The summed E-state index contributed by atoms with van der Waals surface area (Å²) in [5, 5.41) is 3.56. The zero-order valence-corrected chi connectivity index (χ0v) is 22.4. The number of Topliss-reactive ketones (excluding diaryl/α,β-unsaturated/α-hetero) is 2. The maximum absolute atomic E-state index is 14.7. The van der Waals surface area contributed by atoms with Gasteiger partial charge in [-0.05, 0) is 60.0 Å². The Morgan fingerprint density at radius 1 is 0.850 bits per heavy atom. The summed E-state index contributed by atoms with van der Waals surface area (Å²) in [6.45, 7) is 2.00. The highest BCUT2D eigenvalue weighted by Gasteiger charge is 2.70. The molecule has 7 rings (SSSR count). The van der Waals surface area contributed by atoms with Gasteiger partial charge in [-0.3, -0.25) is 14.4 Å². The first-order valence-corrected chi connectivity index (χ1v) is 13.7. The molecule has 1 N–H and O–H groups in total. The first-order chi connectivity index (χ1) is 19.4. The van der Waals surface area contributed by atoms with Gasteiger partial charge in [-0.15, -0.1) is 0 Å². The van der Waals surface area contributed by atoms with Gasteiger partial charge in [0.1, 0.15) is 11.5 Å². The minimum absolute atomic E-state index is 0.199. The summed E-state index contributed by atoms with van der Waals surface area (Å²) in [5.74, 6) is -1.75. The molecule has 5 nitrogen and oxygen atoms in total. The summed E-state index contributed by atoms with van der Waals surface area (Å²) in [6.07, 6.45) is 3.99. The van der Waals surface area contributed by atoms with Gasteiger partial charge in [0.15, 0.2) is 11.6 Å². The minimum atomic E-state index is -1.33. The largest absolute Gasteiger partial charge is 0.352 e. The first-order valence-electron chi connectivity index (χ1n) is 13.3. The Labute approximate surface area is 237 Å². The molecule has 0 saturated carbocycles. The number of nitrogens with zero attached hydrogens (tertiary/aromatic N) is 1. The van der Waals surface area contributed by atoms with E-state index >= 15 is 0 Å². The number of nitrogens with one attached hydrogen (secondary N) is 1. The highest BCUT2D eigenvalue weighted by molar-refractivity contribution is 6.30. The van der Waals surface area contributed by atoms with E-state index in [1.807, 2.05) is 84.6 Å². The van der Waals surface area contributed by atoms with Crippen LogP contribution in [0.3, 0.4) is 0 Å². The highest BCUT2D eigenvalue weighted by Crippen LogP contribution is 2.58. The van der Waals surface area contributed by atoms with E-state index in [2.05, 4.69) is 5.32 Å². The lowest BCUT2D eigenvalue weighted by molar-refractivity contribution is -0.121. The second-order valence-electron chi connectivity index (χ2n) is 10.7. The van der Waals surface area contributed by atoms with E-state index in [0.29, 0.717) is 21.8 Å². The third-order valence-electron chi connectivity index (χ3n) is 8.53. The molecule has 4 aromatic rings. The third-order valence-corrected chi connectivity index (χ3v) is 8.78. The van der Waals surface area contributed by atoms with E-state index < -0.39 is 23.4 Å². The van der Waals surface area contributed by atoms with Crippen molar-refractivity contribution < 1.29 is 14.4 Å². The second kappa shape index (κ2) is 9.04. The van der Waals surface area contributed by atoms with Crippen molar-refractivity contribution in [3.05, 3.63) is 136 Å². The number of anilines is 2. The number of carbonyl (C=O) groups is 3. The fraction of sp³-hybridized carbons (Fsp3) is 0.147. The number of aryl methyl sites for hydroxylation is 1. The van der Waals surface area contributed by atoms with Crippen molar-refractivity contribution in [2.75, 3.05) is 10.2 Å². The molecule has 1 fully saturated rings. The van der Waals surface area contributed by atoms with Crippen LogP contribution >= 0.6 is 11.6 Å². The zero-order valence-electron chi connectivity index (χ0n) is 21.7. The molecule has 1 spiro atoms. The molecular weight excluding hydrogens is 520 g/mol. The number of amides is 1. The molecule has 6 heteroatoms. The fourth-order valence-corrected chi connectivity index (χ4v) is 6.97. The van der Waals surface area contributed by atoms with Gasteiger partial charge >= 0.3 is 0 Å². The van der Waals surface area contributed by atoms with Crippen LogP contribution in [0.15, 0.2) is 103 Å². The number of fused-ring (bicyclic) bond motifs is 6. The smallest absolute Gasteiger partial charge is 0.238 e. The standard InChI is InChI=1S/C34H25ClN2O3/c1-20-11-12-21-15-18-28-34(25-9-5-6-10-26(25)36-33(34)40)29(31(38)23-13-16-24(35)17-14-23)30(37(28)27(21)19-20)32(39)22-7-3-2-4-8-22/h2-19,28-30H,1H3,(H,36,40)/t28-,29+,30-,34+/m0/s1. The van der Waals surface area contributed by atoms with Gasteiger partial charge in [0.2, 0.25) is 5.91 Å². The summed E-state index contributed by atoms with van der Waals surface area (Å²) in [6, 6.07) is 27.8. The normalized spacial score (nSPS) is 23.9. The predicted molar refractivity (Wildman–Crippen MR) is 157 cm³/mol. The van der Waals surface area contributed by atoms with Crippen LogP contribution in [0.4, 0.5) is 11.4 Å². The van der Waals surface area contributed by atoms with Crippen molar-refractivity contribution in [2.45, 2.75) is 24.4 Å². The van der Waals surface area contributed by atoms with Crippen molar-refractivity contribution in [3.8, 4) is 0 Å². The van der Waals surface area contributed by atoms with Gasteiger partial charge in [-0.2, -0.15) is 0 Å². The van der Waals surface area contributed by atoms with E-state index in [-0.39, 0.29) is 17.5 Å². The first kappa shape index (κ1) is 24.6. The third kappa shape index (κ3) is 3.37. The number of rotatable bonds is 4. The number of hydrogen-bond acceptors (Lipinski definition) is 4. The predicted octanol–water partition coefficient (Wildman–Crippen LogP) is 6.50. The molecule has 1 saturated heterocycles. The van der Waals surface area contributed by atoms with E-state index in [1.54, 1.807) is 36.4 Å². The lowest BCUT2D eigenvalue weighted by atomic mass is 9.64. The molecule has 3 aliphatic rings. The van der Waals surface area contributed by atoms with E-state index in [1.165, 1.54) is 0 Å².